The van der Waals surface area contributed by atoms with Crippen molar-refractivity contribution in [2.75, 3.05) is 32.6 Å². The number of hydrogen-bond donors (Lipinski definition) is 1. The average molecular weight is 409 g/mol. The van der Waals surface area contributed by atoms with Crippen LogP contribution in [0.4, 0.5) is 11.5 Å². The molecular weight excluding hydrogens is 380 g/mol. The van der Waals surface area contributed by atoms with E-state index >= 15 is 0 Å². The van der Waals surface area contributed by atoms with Crippen LogP contribution < -0.4 is 10.1 Å². The molecule has 0 atom stereocenters. The predicted octanol–water partition coefficient (Wildman–Crippen LogP) is 4.16. The zero-order valence-corrected chi connectivity index (χ0v) is 17.7. The summed E-state index contributed by atoms with van der Waals surface area (Å²) >= 11 is 0. The quantitative estimate of drug-likeness (QED) is 0.399. The summed E-state index contributed by atoms with van der Waals surface area (Å²) in [5.41, 5.74) is 2.95. The Kier molecular flexibility index (Phi) is 7.57. The molecule has 7 heteroatoms. The van der Waals surface area contributed by atoms with Crippen LogP contribution in [0.15, 0.2) is 48.8 Å². The maximum absolute atomic E-state index is 11.4. The third-order valence-electron chi connectivity index (χ3n) is 4.46. The fourth-order valence-electron chi connectivity index (χ4n) is 3.12. The first-order valence-electron chi connectivity index (χ1n) is 10.1. The smallest absolute Gasteiger partial charge is 0.305 e. The number of aromatic nitrogens is 2. The van der Waals surface area contributed by atoms with Gasteiger partial charge in [0.2, 0.25) is 0 Å². The summed E-state index contributed by atoms with van der Waals surface area (Å²) in [4.78, 5) is 22.3. The van der Waals surface area contributed by atoms with Gasteiger partial charge in [0.15, 0.2) is 0 Å². The van der Waals surface area contributed by atoms with Crippen molar-refractivity contribution in [3.05, 3.63) is 54.4 Å². The summed E-state index contributed by atoms with van der Waals surface area (Å²) in [6.45, 7) is 3.42. The van der Waals surface area contributed by atoms with Crippen LogP contribution in [0, 0.1) is 0 Å². The maximum atomic E-state index is 11.4. The number of carbonyl (C=O) groups excluding carboxylic acids is 1. The van der Waals surface area contributed by atoms with Gasteiger partial charge in [0.25, 0.3) is 0 Å². The Morgan fingerprint density at radius 3 is 2.77 bits per heavy atom. The van der Waals surface area contributed by atoms with Gasteiger partial charge in [-0.3, -0.25) is 4.79 Å². The molecule has 0 aliphatic heterocycles. The number of fused-ring (bicyclic) bond motifs is 1. The molecule has 0 aliphatic rings. The van der Waals surface area contributed by atoms with Crippen molar-refractivity contribution in [2.24, 2.45) is 0 Å². The number of carbonyl (C=O) groups is 1. The van der Waals surface area contributed by atoms with E-state index in [0.29, 0.717) is 26.1 Å². The lowest BCUT2D eigenvalue weighted by atomic mass is 10.1. The molecule has 1 aromatic heterocycles. The number of hydrogen-bond acceptors (Lipinski definition) is 7. The van der Waals surface area contributed by atoms with E-state index in [4.69, 9.17) is 9.47 Å². The highest BCUT2D eigenvalue weighted by atomic mass is 16.5. The highest BCUT2D eigenvalue weighted by Crippen LogP contribution is 2.28. The topological polar surface area (TPSA) is 76.6 Å². The van der Waals surface area contributed by atoms with E-state index in [0.717, 1.165) is 40.3 Å². The third kappa shape index (κ3) is 5.90. The Hall–Kier alpha value is -3.19. The van der Waals surface area contributed by atoms with Crippen LogP contribution in [0.1, 0.15) is 25.3 Å². The molecule has 0 saturated heterocycles. The Bertz CT molecular complexity index is 986. The number of benzene rings is 2. The SMILES string of the molecule is CCOC(=O)CCCOc1ccc(Nc2ncnc3ccccc23)c(CN(C)C)c1. The molecule has 0 spiro atoms. The van der Waals surface area contributed by atoms with Crippen molar-refractivity contribution < 1.29 is 14.3 Å². The Balaban J connectivity index is 1.73. The summed E-state index contributed by atoms with van der Waals surface area (Å²) in [5.74, 6) is 1.35. The summed E-state index contributed by atoms with van der Waals surface area (Å²) in [6.07, 6.45) is 2.55. The highest BCUT2D eigenvalue weighted by Gasteiger charge is 2.10. The van der Waals surface area contributed by atoms with Gasteiger partial charge in [-0.1, -0.05) is 12.1 Å². The first kappa shape index (κ1) is 21.5. The molecule has 0 aliphatic carbocycles. The molecule has 7 nitrogen and oxygen atoms in total. The molecule has 0 radical (unpaired) electrons. The maximum Gasteiger partial charge on any atom is 0.305 e. The number of ether oxygens (including phenoxy) is 2. The minimum absolute atomic E-state index is 0.189. The van der Waals surface area contributed by atoms with Crippen LogP contribution in [0.3, 0.4) is 0 Å². The van der Waals surface area contributed by atoms with Crippen LogP contribution in [0.5, 0.6) is 5.75 Å². The fraction of sp³-hybridized carbons (Fsp3) is 0.348. The summed E-state index contributed by atoms with van der Waals surface area (Å²) in [5, 5.41) is 4.42. The molecule has 1 N–H and O–H groups in total. The number of anilines is 2. The Labute approximate surface area is 177 Å². The summed E-state index contributed by atoms with van der Waals surface area (Å²) in [6, 6.07) is 13.9. The van der Waals surface area contributed by atoms with Crippen molar-refractivity contribution in [1.82, 2.24) is 14.9 Å². The minimum atomic E-state index is -0.189. The molecule has 0 unspecified atom stereocenters. The van der Waals surface area contributed by atoms with Crippen LogP contribution in [-0.4, -0.2) is 48.1 Å². The van der Waals surface area contributed by atoms with Gasteiger partial charge in [-0.15, -0.1) is 0 Å². The number of rotatable bonds is 10. The van der Waals surface area contributed by atoms with E-state index in [1.54, 1.807) is 13.3 Å². The first-order chi connectivity index (χ1) is 14.6. The molecule has 1 heterocycles. The summed E-state index contributed by atoms with van der Waals surface area (Å²) < 4.78 is 10.8. The van der Waals surface area contributed by atoms with Crippen molar-refractivity contribution in [1.29, 1.82) is 0 Å². The van der Waals surface area contributed by atoms with E-state index in [-0.39, 0.29) is 5.97 Å². The first-order valence-corrected chi connectivity index (χ1v) is 10.1. The number of nitrogens with one attached hydrogen (secondary N) is 1. The van der Waals surface area contributed by atoms with Gasteiger partial charge in [-0.2, -0.15) is 0 Å². The van der Waals surface area contributed by atoms with Gasteiger partial charge in [-0.25, -0.2) is 9.97 Å². The fourth-order valence-corrected chi connectivity index (χ4v) is 3.12. The van der Waals surface area contributed by atoms with E-state index in [1.165, 1.54) is 0 Å². The second-order valence-electron chi connectivity index (χ2n) is 7.18. The van der Waals surface area contributed by atoms with Gasteiger partial charge in [0.05, 0.1) is 18.7 Å². The number of nitrogens with zero attached hydrogens (tertiary/aromatic N) is 3. The van der Waals surface area contributed by atoms with Crippen molar-refractivity contribution >= 4 is 28.4 Å². The van der Waals surface area contributed by atoms with Gasteiger partial charge in [-0.05, 0) is 63.3 Å². The van der Waals surface area contributed by atoms with Crippen molar-refractivity contribution in [2.45, 2.75) is 26.3 Å². The normalized spacial score (nSPS) is 10.9. The lowest BCUT2D eigenvalue weighted by molar-refractivity contribution is -0.143. The van der Waals surface area contributed by atoms with Crippen LogP contribution in [0.25, 0.3) is 10.9 Å². The molecule has 3 aromatic rings. The molecule has 3 rings (SSSR count). The van der Waals surface area contributed by atoms with Crippen molar-refractivity contribution in [3.63, 3.8) is 0 Å². The average Bonchev–Trinajstić information content (AvgIpc) is 2.73. The van der Waals surface area contributed by atoms with Gasteiger partial charge < -0.3 is 19.7 Å². The molecule has 0 saturated carbocycles. The van der Waals surface area contributed by atoms with Crippen LogP contribution in [0.2, 0.25) is 0 Å². The monoisotopic (exact) mass is 408 g/mol. The second-order valence-corrected chi connectivity index (χ2v) is 7.18. The van der Waals surface area contributed by atoms with Gasteiger partial charge >= 0.3 is 5.97 Å². The largest absolute Gasteiger partial charge is 0.494 e. The lowest BCUT2D eigenvalue weighted by Gasteiger charge is -2.17. The number of esters is 1. The van der Waals surface area contributed by atoms with Crippen LogP contribution in [-0.2, 0) is 16.1 Å². The van der Waals surface area contributed by atoms with Crippen molar-refractivity contribution in [3.8, 4) is 5.75 Å². The molecule has 0 amide bonds. The van der Waals surface area contributed by atoms with E-state index in [2.05, 4.69) is 20.2 Å². The van der Waals surface area contributed by atoms with E-state index < -0.39 is 0 Å². The predicted molar refractivity (Wildman–Crippen MR) is 118 cm³/mol. The molecule has 30 heavy (non-hydrogen) atoms. The molecule has 2 aromatic carbocycles. The zero-order valence-electron chi connectivity index (χ0n) is 17.7. The molecule has 0 bridgehead atoms. The Morgan fingerprint density at radius 2 is 1.97 bits per heavy atom. The minimum Gasteiger partial charge on any atom is -0.494 e. The standard InChI is InChI=1S/C23H28N4O3/c1-4-29-22(28)10-7-13-30-18-11-12-20(17(14-18)15-27(2)3)26-23-19-8-5-6-9-21(19)24-16-25-23/h5-6,8-9,11-12,14,16H,4,7,10,13,15H2,1-3H3,(H,24,25,26). The Morgan fingerprint density at radius 1 is 1.13 bits per heavy atom. The molecule has 0 fully saturated rings. The second kappa shape index (κ2) is 10.5. The van der Waals surface area contributed by atoms with E-state index in [9.17, 15) is 4.79 Å². The molecular formula is C23H28N4O3. The summed E-state index contributed by atoms with van der Waals surface area (Å²) in [7, 11) is 4.05. The number of para-hydroxylation sites is 1. The van der Waals surface area contributed by atoms with Gasteiger partial charge in [0, 0.05) is 24.0 Å². The third-order valence-corrected chi connectivity index (χ3v) is 4.46. The zero-order chi connectivity index (χ0) is 21.3. The molecule has 158 valence electrons. The van der Waals surface area contributed by atoms with Crippen LogP contribution >= 0.6 is 0 Å². The lowest BCUT2D eigenvalue weighted by Crippen LogP contribution is -2.13. The highest BCUT2D eigenvalue weighted by molar-refractivity contribution is 5.90. The van der Waals surface area contributed by atoms with Gasteiger partial charge in [0.1, 0.15) is 17.9 Å². The van der Waals surface area contributed by atoms with E-state index in [1.807, 2.05) is 56.6 Å².